The topological polar surface area (TPSA) is 128 Å². The summed E-state index contributed by atoms with van der Waals surface area (Å²) < 4.78 is 40.8. The maximum atomic E-state index is 13.5. The zero-order chi connectivity index (χ0) is 34.4. The van der Waals surface area contributed by atoms with Crippen molar-refractivity contribution in [3.8, 4) is 11.1 Å². The fourth-order valence-corrected chi connectivity index (χ4v) is 5.85. The van der Waals surface area contributed by atoms with Crippen molar-refractivity contribution in [1.29, 1.82) is 0 Å². The van der Waals surface area contributed by atoms with Gasteiger partial charge in [0, 0.05) is 6.20 Å². The highest BCUT2D eigenvalue weighted by molar-refractivity contribution is 7.89. The molecule has 1 unspecified atom stereocenters. The molecule has 10 nitrogen and oxygen atoms in total. The number of pyridine rings is 2. The smallest absolute Gasteiger partial charge is 0.416 e. The number of carbonyl (C=O) groups is 2. The number of hydrogen-bond acceptors (Lipinski definition) is 8. The number of benzene rings is 2. The lowest BCUT2D eigenvalue weighted by atomic mass is 9.99. The number of ether oxygens (including phenoxy) is 2. The molecule has 2 heterocycles. The fourth-order valence-electron chi connectivity index (χ4n) is 4.70. The van der Waals surface area contributed by atoms with Gasteiger partial charge in [-0.05, 0) is 95.8 Å². The molecule has 0 aliphatic carbocycles. The normalized spacial score (nSPS) is 12.7. The van der Waals surface area contributed by atoms with E-state index in [0.717, 1.165) is 27.2 Å². The third kappa shape index (κ3) is 10.5. The number of sulfonamides is 1. The van der Waals surface area contributed by atoms with E-state index in [1.54, 1.807) is 71.9 Å². The number of nitrogens with one attached hydrogen (secondary N) is 1. The standard InChI is InChI=1S/C36H42N4O6S/c1-25-12-10-13-28(22-25)27-19-17-26(18-20-27)23-30(39-47(43,44)32-16-8-9-21-37-32)29-14-11-15-31(38-29)40(34(42)46-36(5,6)7)24-33(41)45-35(2,3)4/h8-22,30,39H,23-24H2,1-7H3. The molecule has 2 aromatic carbocycles. The predicted molar refractivity (Wildman–Crippen MR) is 181 cm³/mol. The fraction of sp³-hybridized carbons (Fsp3) is 0.333. The second-order valence-corrected chi connectivity index (χ2v) is 14.8. The third-order valence-corrected chi connectivity index (χ3v) is 8.05. The van der Waals surface area contributed by atoms with E-state index in [1.807, 2.05) is 49.4 Å². The van der Waals surface area contributed by atoms with Gasteiger partial charge in [-0.25, -0.2) is 27.9 Å². The maximum Gasteiger partial charge on any atom is 0.416 e. The number of nitrogens with zero attached hydrogens (tertiary/aromatic N) is 3. The van der Waals surface area contributed by atoms with Crippen LogP contribution in [0.5, 0.6) is 0 Å². The van der Waals surface area contributed by atoms with Crippen molar-refractivity contribution in [2.24, 2.45) is 0 Å². The van der Waals surface area contributed by atoms with Crippen LogP contribution in [0.2, 0.25) is 0 Å². The van der Waals surface area contributed by atoms with Crippen molar-refractivity contribution in [3.63, 3.8) is 0 Å². The number of aromatic nitrogens is 2. The highest BCUT2D eigenvalue weighted by Gasteiger charge is 2.30. The second kappa shape index (κ2) is 14.4. The Morgan fingerprint density at radius 3 is 2.13 bits per heavy atom. The molecule has 0 aliphatic rings. The molecule has 0 saturated carbocycles. The minimum Gasteiger partial charge on any atom is -0.459 e. The molecular formula is C36H42N4O6S. The molecule has 0 bridgehead atoms. The first-order valence-electron chi connectivity index (χ1n) is 15.3. The summed E-state index contributed by atoms with van der Waals surface area (Å²) in [5.74, 6) is -0.559. The Bertz CT molecular complexity index is 1800. The van der Waals surface area contributed by atoms with Gasteiger partial charge in [-0.3, -0.25) is 9.69 Å². The average molecular weight is 659 g/mol. The number of aryl methyl sites for hydroxylation is 1. The lowest BCUT2D eigenvalue weighted by Crippen LogP contribution is -2.42. The van der Waals surface area contributed by atoms with E-state index in [1.165, 1.54) is 12.3 Å². The molecule has 0 saturated heterocycles. The molecular weight excluding hydrogens is 616 g/mol. The van der Waals surface area contributed by atoms with Gasteiger partial charge in [0.1, 0.15) is 23.6 Å². The van der Waals surface area contributed by atoms with Crippen molar-refractivity contribution in [1.82, 2.24) is 14.7 Å². The van der Waals surface area contributed by atoms with E-state index in [-0.39, 0.29) is 17.3 Å². The first kappa shape index (κ1) is 35.2. The Morgan fingerprint density at radius 2 is 1.51 bits per heavy atom. The lowest BCUT2D eigenvalue weighted by molar-refractivity contribution is -0.153. The van der Waals surface area contributed by atoms with Gasteiger partial charge < -0.3 is 9.47 Å². The van der Waals surface area contributed by atoms with Crippen molar-refractivity contribution in [2.75, 3.05) is 11.4 Å². The Morgan fingerprint density at radius 1 is 0.830 bits per heavy atom. The van der Waals surface area contributed by atoms with Crippen molar-refractivity contribution >= 4 is 27.9 Å². The number of anilines is 1. The molecule has 47 heavy (non-hydrogen) atoms. The van der Waals surface area contributed by atoms with Crippen LogP contribution < -0.4 is 9.62 Å². The molecule has 1 N–H and O–H groups in total. The third-order valence-electron chi connectivity index (χ3n) is 6.67. The van der Waals surface area contributed by atoms with Crippen LogP contribution in [0.3, 0.4) is 0 Å². The van der Waals surface area contributed by atoms with Crippen LogP contribution >= 0.6 is 0 Å². The van der Waals surface area contributed by atoms with E-state index in [4.69, 9.17) is 14.5 Å². The summed E-state index contributed by atoms with van der Waals surface area (Å²) >= 11 is 0. The second-order valence-electron chi connectivity index (χ2n) is 13.2. The quantitative estimate of drug-likeness (QED) is 0.184. The summed E-state index contributed by atoms with van der Waals surface area (Å²) in [6, 6.07) is 24.7. The summed E-state index contributed by atoms with van der Waals surface area (Å²) in [5, 5.41) is -0.142. The highest BCUT2D eigenvalue weighted by atomic mass is 32.2. The molecule has 11 heteroatoms. The zero-order valence-corrected chi connectivity index (χ0v) is 28.7. The van der Waals surface area contributed by atoms with Crippen LogP contribution in [0.15, 0.2) is 96.2 Å². The summed E-state index contributed by atoms with van der Waals surface area (Å²) in [6.45, 7) is 11.9. The molecule has 1 amide bonds. The van der Waals surface area contributed by atoms with Crippen LogP contribution in [-0.4, -0.2) is 48.2 Å². The van der Waals surface area contributed by atoms with Gasteiger partial charge in [0.05, 0.1) is 11.7 Å². The molecule has 2 aromatic heterocycles. The van der Waals surface area contributed by atoms with Gasteiger partial charge in [-0.2, -0.15) is 0 Å². The Kier molecular flexibility index (Phi) is 10.8. The summed E-state index contributed by atoms with van der Waals surface area (Å²) in [7, 11) is -4.08. The molecule has 0 radical (unpaired) electrons. The van der Waals surface area contributed by atoms with Crippen LogP contribution in [0, 0.1) is 6.92 Å². The molecule has 0 aliphatic heterocycles. The van der Waals surface area contributed by atoms with E-state index < -0.39 is 45.9 Å². The minimum atomic E-state index is -4.08. The first-order chi connectivity index (χ1) is 22.0. The number of carbonyl (C=O) groups excluding carboxylic acids is 2. The van der Waals surface area contributed by atoms with E-state index >= 15 is 0 Å². The van der Waals surface area contributed by atoms with Crippen molar-refractivity contribution < 1.29 is 27.5 Å². The van der Waals surface area contributed by atoms with Crippen LogP contribution in [0.4, 0.5) is 10.6 Å². The van der Waals surface area contributed by atoms with Gasteiger partial charge in [-0.15, -0.1) is 0 Å². The molecule has 4 rings (SSSR count). The molecule has 0 fully saturated rings. The minimum absolute atomic E-state index is 0.0967. The van der Waals surface area contributed by atoms with Gasteiger partial charge in [-0.1, -0.05) is 66.2 Å². The van der Waals surface area contributed by atoms with Crippen LogP contribution in [-0.2, 0) is 30.7 Å². The average Bonchev–Trinajstić information content (AvgIpc) is 2.98. The first-order valence-corrected chi connectivity index (χ1v) is 16.8. The largest absolute Gasteiger partial charge is 0.459 e. The molecule has 1 atom stereocenters. The number of esters is 1. The summed E-state index contributed by atoms with van der Waals surface area (Å²) in [6.07, 6.45) is 0.835. The van der Waals surface area contributed by atoms with Gasteiger partial charge in [0.2, 0.25) is 0 Å². The lowest BCUT2D eigenvalue weighted by Gasteiger charge is -2.28. The van der Waals surface area contributed by atoms with E-state index in [0.29, 0.717) is 5.69 Å². The highest BCUT2D eigenvalue weighted by Crippen LogP contribution is 2.26. The zero-order valence-electron chi connectivity index (χ0n) is 27.9. The van der Waals surface area contributed by atoms with E-state index in [9.17, 15) is 18.0 Å². The molecule has 4 aromatic rings. The molecule has 0 spiro atoms. The van der Waals surface area contributed by atoms with Crippen molar-refractivity contribution in [3.05, 3.63) is 108 Å². The summed E-state index contributed by atoms with van der Waals surface area (Å²) in [4.78, 5) is 36.0. The Balaban J connectivity index is 1.72. The maximum absolute atomic E-state index is 13.5. The number of hydrogen-bond donors (Lipinski definition) is 1. The summed E-state index contributed by atoms with van der Waals surface area (Å²) in [5.41, 5.74) is 2.78. The van der Waals surface area contributed by atoms with Gasteiger partial charge in [0.15, 0.2) is 5.03 Å². The monoisotopic (exact) mass is 658 g/mol. The Labute approximate surface area is 277 Å². The number of rotatable bonds is 10. The Hall–Kier alpha value is -4.61. The van der Waals surface area contributed by atoms with Crippen molar-refractivity contribution in [2.45, 2.75) is 77.2 Å². The molecule has 248 valence electrons. The van der Waals surface area contributed by atoms with Crippen LogP contribution in [0.25, 0.3) is 11.1 Å². The van der Waals surface area contributed by atoms with Crippen LogP contribution in [0.1, 0.15) is 64.4 Å². The van der Waals surface area contributed by atoms with E-state index in [2.05, 4.69) is 15.8 Å². The number of amides is 1. The van der Waals surface area contributed by atoms with Gasteiger partial charge >= 0.3 is 12.1 Å². The predicted octanol–water partition coefficient (Wildman–Crippen LogP) is 6.80. The SMILES string of the molecule is Cc1cccc(-c2ccc(CC(NS(=O)(=O)c3ccccn3)c3cccc(N(CC(=O)OC(C)(C)C)C(=O)OC(C)(C)C)n3)cc2)c1. The van der Waals surface area contributed by atoms with Gasteiger partial charge in [0.25, 0.3) is 10.0 Å².